The van der Waals surface area contributed by atoms with Gasteiger partial charge in [-0.2, -0.15) is 0 Å². The number of fused-ring (bicyclic) bond motifs is 2. The highest BCUT2D eigenvalue weighted by molar-refractivity contribution is 7.09. The summed E-state index contributed by atoms with van der Waals surface area (Å²) in [7, 11) is 0. The number of carbonyl (C=O) groups is 1. The molecule has 1 aromatic carbocycles. The normalized spacial score (nSPS) is 17.2. The molecule has 1 amide bonds. The summed E-state index contributed by atoms with van der Waals surface area (Å²) in [5.74, 6) is -2.79. The van der Waals surface area contributed by atoms with Crippen LogP contribution in [-0.4, -0.2) is 38.7 Å². The molecule has 0 saturated heterocycles. The maximum absolute atomic E-state index is 13.9. The van der Waals surface area contributed by atoms with Gasteiger partial charge in [-0.3, -0.25) is 4.79 Å². The molecule has 0 radical (unpaired) electrons. The van der Waals surface area contributed by atoms with Gasteiger partial charge >= 0.3 is 0 Å². The maximum Gasteiger partial charge on any atom is 0.290 e. The summed E-state index contributed by atoms with van der Waals surface area (Å²) in [5, 5.41) is 0. The van der Waals surface area contributed by atoms with Gasteiger partial charge in [-0.05, 0) is 6.92 Å². The van der Waals surface area contributed by atoms with Gasteiger partial charge in [0, 0.05) is 24.6 Å². The molecule has 0 spiro atoms. The molecule has 0 saturated carbocycles. The van der Waals surface area contributed by atoms with Crippen LogP contribution in [0.3, 0.4) is 0 Å². The number of thiazole rings is 1. The van der Waals surface area contributed by atoms with E-state index in [1.807, 2.05) is 0 Å². The lowest BCUT2D eigenvalue weighted by molar-refractivity contribution is 0.0170. The van der Waals surface area contributed by atoms with Crippen LogP contribution in [0.25, 0.3) is 11.0 Å². The molecule has 5 nitrogen and oxygen atoms in total. The number of rotatable bonds is 2. The summed E-state index contributed by atoms with van der Waals surface area (Å²) < 4.78 is 54.9. The fraction of sp³-hybridized carbons (Fsp3) is 0.312. The number of aromatic amines is 1. The van der Waals surface area contributed by atoms with E-state index in [4.69, 9.17) is 0 Å². The van der Waals surface area contributed by atoms with Crippen molar-refractivity contribution in [3.8, 4) is 0 Å². The van der Waals surface area contributed by atoms with Gasteiger partial charge in [0.1, 0.15) is 17.4 Å². The SMILES string of the molecule is Cc1c(F)cc(F)c2nc(C(=O)N3CCc4ncsc4C3C(F)F)[nH]c12. The summed E-state index contributed by atoms with van der Waals surface area (Å²) in [5.41, 5.74) is 1.96. The molecule has 3 aromatic rings. The third-order valence-corrected chi connectivity index (χ3v) is 5.43. The van der Waals surface area contributed by atoms with Gasteiger partial charge < -0.3 is 9.88 Å². The van der Waals surface area contributed by atoms with Crippen molar-refractivity contribution in [2.75, 3.05) is 6.54 Å². The largest absolute Gasteiger partial charge is 0.333 e. The van der Waals surface area contributed by atoms with Gasteiger partial charge in [-0.25, -0.2) is 27.5 Å². The van der Waals surface area contributed by atoms with Gasteiger partial charge in [0.2, 0.25) is 0 Å². The number of benzene rings is 1. The smallest absolute Gasteiger partial charge is 0.290 e. The zero-order valence-electron chi connectivity index (χ0n) is 13.4. The highest BCUT2D eigenvalue weighted by Gasteiger charge is 2.40. The summed E-state index contributed by atoms with van der Waals surface area (Å²) in [4.78, 5) is 24.7. The molecule has 1 aliphatic rings. The summed E-state index contributed by atoms with van der Waals surface area (Å²) in [6.07, 6.45) is -2.46. The van der Waals surface area contributed by atoms with E-state index in [0.717, 1.165) is 16.2 Å². The average Bonchev–Trinajstić information content (AvgIpc) is 3.25. The maximum atomic E-state index is 13.9. The highest BCUT2D eigenvalue weighted by Crippen LogP contribution is 2.37. The lowest BCUT2D eigenvalue weighted by Crippen LogP contribution is -2.43. The van der Waals surface area contributed by atoms with E-state index < -0.39 is 30.0 Å². The molecule has 0 fully saturated rings. The Morgan fingerprint density at radius 3 is 2.88 bits per heavy atom. The fourth-order valence-electron chi connectivity index (χ4n) is 3.15. The summed E-state index contributed by atoms with van der Waals surface area (Å²) >= 11 is 1.06. The van der Waals surface area contributed by atoms with E-state index in [1.165, 1.54) is 12.4 Å². The fourth-order valence-corrected chi connectivity index (χ4v) is 4.11. The Morgan fingerprint density at radius 2 is 2.15 bits per heavy atom. The first-order chi connectivity index (χ1) is 12.4. The Kier molecular flexibility index (Phi) is 3.94. The first kappa shape index (κ1) is 17.0. The van der Waals surface area contributed by atoms with Gasteiger partial charge in [-0.1, -0.05) is 0 Å². The van der Waals surface area contributed by atoms with Crippen LogP contribution in [0.5, 0.6) is 0 Å². The number of carbonyl (C=O) groups excluding carboxylic acids is 1. The number of H-pyrrole nitrogens is 1. The predicted molar refractivity (Wildman–Crippen MR) is 86.3 cm³/mol. The second-order valence-electron chi connectivity index (χ2n) is 5.97. The third-order valence-electron chi connectivity index (χ3n) is 4.49. The Balaban J connectivity index is 1.77. The molecular weight excluding hydrogens is 372 g/mol. The number of imidazole rings is 1. The van der Waals surface area contributed by atoms with Crippen molar-refractivity contribution < 1.29 is 22.4 Å². The van der Waals surface area contributed by atoms with Crippen molar-refractivity contribution in [2.24, 2.45) is 0 Å². The number of hydrogen-bond acceptors (Lipinski definition) is 4. The molecular formula is C16H12F4N4OS. The van der Waals surface area contributed by atoms with Crippen LogP contribution < -0.4 is 0 Å². The van der Waals surface area contributed by atoms with Crippen LogP contribution in [0.15, 0.2) is 11.6 Å². The van der Waals surface area contributed by atoms with Crippen LogP contribution in [0.2, 0.25) is 0 Å². The van der Waals surface area contributed by atoms with Gasteiger partial charge in [0.05, 0.1) is 21.6 Å². The third kappa shape index (κ3) is 2.47. The van der Waals surface area contributed by atoms with E-state index in [9.17, 15) is 22.4 Å². The van der Waals surface area contributed by atoms with E-state index in [0.29, 0.717) is 23.1 Å². The van der Waals surface area contributed by atoms with Crippen LogP contribution in [0, 0.1) is 18.6 Å². The van der Waals surface area contributed by atoms with E-state index in [2.05, 4.69) is 15.0 Å². The quantitative estimate of drug-likeness (QED) is 0.687. The zero-order chi connectivity index (χ0) is 18.6. The number of amides is 1. The Morgan fingerprint density at radius 1 is 1.38 bits per heavy atom. The topological polar surface area (TPSA) is 61.9 Å². The molecule has 1 atom stereocenters. The molecule has 0 bridgehead atoms. The number of nitrogens with zero attached hydrogens (tertiary/aromatic N) is 3. The van der Waals surface area contributed by atoms with Crippen LogP contribution in [0.4, 0.5) is 17.6 Å². The van der Waals surface area contributed by atoms with Gasteiger partial charge in [0.25, 0.3) is 12.3 Å². The van der Waals surface area contributed by atoms with Crippen molar-refractivity contribution in [1.29, 1.82) is 0 Å². The van der Waals surface area contributed by atoms with E-state index >= 15 is 0 Å². The lowest BCUT2D eigenvalue weighted by atomic mass is 10.1. The van der Waals surface area contributed by atoms with Crippen molar-refractivity contribution in [2.45, 2.75) is 25.8 Å². The molecule has 1 unspecified atom stereocenters. The van der Waals surface area contributed by atoms with Crippen molar-refractivity contribution in [3.05, 3.63) is 45.2 Å². The molecule has 0 aliphatic carbocycles. The van der Waals surface area contributed by atoms with E-state index in [-0.39, 0.29) is 29.0 Å². The highest BCUT2D eigenvalue weighted by atomic mass is 32.1. The van der Waals surface area contributed by atoms with Gasteiger partial charge in [0.15, 0.2) is 11.6 Å². The standard InChI is InChI=1S/C16H12F4N4OS/c1-6-7(17)4-8(18)11-10(6)22-15(23-11)16(25)24-3-2-9-13(26-5-21-9)12(24)14(19)20/h4-5,12,14H,2-3H2,1H3,(H,22,23). The second kappa shape index (κ2) is 6.04. The average molecular weight is 384 g/mol. The predicted octanol–water partition coefficient (Wildman–Crippen LogP) is 3.61. The number of aromatic nitrogens is 3. The second-order valence-corrected chi connectivity index (χ2v) is 6.85. The van der Waals surface area contributed by atoms with E-state index in [1.54, 1.807) is 0 Å². The molecule has 136 valence electrons. The number of hydrogen-bond donors (Lipinski definition) is 1. The number of halogens is 4. The minimum absolute atomic E-state index is 0.0370. The van der Waals surface area contributed by atoms with Crippen molar-refractivity contribution in [1.82, 2.24) is 19.9 Å². The summed E-state index contributed by atoms with van der Waals surface area (Å²) in [6.45, 7) is 1.45. The monoisotopic (exact) mass is 384 g/mol. The van der Waals surface area contributed by atoms with Crippen LogP contribution in [-0.2, 0) is 6.42 Å². The molecule has 2 aromatic heterocycles. The lowest BCUT2D eigenvalue weighted by Gasteiger charge is -2.33. The number of alkyl halides is 2. The van der Waals surface area contributed by atoms with Crippen LogP contribution in [0.1, 0.15) is 32.8 Å². The van der Waals surface area contributed by atoms with Crippen molar-refractivity contribution in [3.63, 3.8) is 0 Å². The zero-order valence-corrected chi connectivity index (χ0v) is 14.2. The van der Waals surface area contributed by atoms with Gasteiger partial charge in [-0.15, -0.1) is 11.3 Å². The first-order valence-corrected chi connectivity index (χ1v) is 8.62. The van der Waals surface area contributed by atoms with Crippen molar-refractivity contribution >= 4 is 28.3 Å². The Hall–Kier alpha value is -2.49. The number of nitrogens with one attached hydrogen (secondary N) is 1. The molecule has 1 N–H and O–H groups in total. The Bertz CT molecular complexity index is 1020. The first-order valence-electron chi connectivity index (χ1n) is 7.74. The van der Waals surface area contributed by atoms with Crippen LogP contribution >= 0.6 is 11.3 Å². The molecule has 3 heterocycles. The molecule has 26 heavy (non-hydrogen) atoms. The molecule has 10 heteroatoms. The molecule has 4 rings (SSSR count). The Labute approximate surface area is 148 Å². The number of aryl methyl sites for hydroxylation is 1. The minimum Gasteiger partial charge on any atom is -0.333 e. The summed E-state index contributed by atoms with van der Waals surface area (Å²) in [6, 6.07) is -0.756. The molecule has 1 aliphatic heterocycles. The minimum atomic E-state index is -2.81.